The summed E-state index contributed by atoms with van der Waals surface area (Å²) < 4.78 is 5.91. The largest absolute Gasteiger partial charge is 0.377 e. The zero-order valence-corrected chi connectivity index (χ0v) is 12.8. The predicted octanol–water partition coefficient (Wildman–Crippen LogP) is 1.84. The average Bonchev–Trinajstić information content (AvgIpc) is 3.22. The van der Waals surface area contributed by atoms with Gasteiger partial charge in [-0.25, -0.2) is 0 Å². The van der Waals surface area contributed by atoms with E-state index in [1.807, 2.05) is 0 Å². The summed E-state index contributed by atoms with van der Waals surface area (Å²) in [4.78, 5) is 11.6. The van der Waals surface area contributed by atoms with Crippen molar-refractivity contribution in [3.8, 4) is 0 Å². The molecule has 0 bridgehead atoms. The smallest absolute Gasteiger partial charge is 0.220 e. The quantitative estimate of drug-likeness (QED) is 0.730. The van der Waals surface area contributed by atoms with Gasteiger partial charge in [0.25, 0.3) is 0 Å². The number of ether oxygens (including phenoxy) is 1. The molecule has 0 aromatic heterocycles. The molecule has 0 spiro atoms. The highest BCUT2D eigenvalue weighted by Gasteiger charge is 2.57. The van der Waals surface area contributed by atoms with E-state index in [1.165, 1.54) is 25.7 Å². The van der Waals surface area contributed by atoms with E-state index in [-0.39, 0.29) is 11.3 Å². The van der Waals surface area contributed by atoms with E-state index in [4.69, 9.17) is 4.74 Å². The molecule has 3 rings (SSSR count). The molecule has 2 N–H and O–H groups in total. The van der Waals surface area contributed by atoms with E-state index in [0.717, 1.165) is 19.6 Å². The topological polar surface area (TPSA) is 50.4 Å². The molecular weight excluding hydrogens is 252 g/mol. The Kier molecular flexibility index (Phi) is 4.04. The van der Waals surface area contributed by atoms with Crippen molar-refractivity contribution < 1.29 is 9.53 Å². The molecule has 3 aliphatic rings. The minimum absolute atomic E-state index is 0.223. The first-order valence-corrected chi connectivity index (χ1v) is 8.23. The zero-order valence-electron chi connectivity index (χ0n) is 12.8. The lowest BCUT2D eigenvalue weighted by molar-refractivity contribution is -0.192. The minimum Gasteiger partial charge on any atom is -0.377 e. The van der Waals surface area contributed by atoms with Crippen LogP contribution in [0.4, 0.5) is 0 Å². The van der Waals surface area contributed by atoms with Crippen molar-refractivity contribution in [1.82, 2.24) is 10.6 Å². The molecule has 2 saturated carbocycles. The number of nitrogens with one attached hydrogen (secondary N) is 2. The van der Waals surface area contributed by atoms with Crippen LogP contribution in [-0.2, 0) is 9.53 Å². The summed E-state index contributed by atoms with van der Waals surface area (Å²) in [6.07, 6.45) is 6.84. The normalized spacial score (nSPS) is 35.0. The Hall–Kier alpha value is -0.610. The molecule has 1 aliphatic heterocycles. The number of hydrogen-bond acceptors (Lipinski definition) is 3. The van der Waals surface area contributed by atoms with Crippen molar-refractivity contribution in [2.24, 2.45) is 11.3 Å². The summed E-state index contributed by atoms with van der Waals surface area (Å²) in [5.74, 6) is 0.903. The Morgan fingerprint density at radius 1 is 1.30 bits per heavy atom. The summed E-state index contributed by atoms with van der Waals surface area (Å²) in [5.41, 5.74) is 0.237. The van der Waals surface area contributed by atoms with Crippen molar-refractivity contribution in [1.29, 1.82) is 0 Å². The number of rotatable bonds is 6. The van der Waals surface area contributed by atoms with Crippen LogP contribution in [0.15, 0.2) is 0 Å². The molecule has 2 aliphatic carbocycles. The summed E-state index contributed by atoms with van der Waals surface area (Å²) in [6, 6.07) is 1.04. The molecule has 4 heteroatoms. The summed E-state index contributed by atoms with van der Waals surface area (Å²) in [6.45, 7) is 6.47. The third kappa shape index (κ3) is 2.86. The van der Waals surface area contributed by atoms with Gasteiger partial charge >= 0.3 is 0 Å². The number of amides is 1. The Bertz CT molecular complexity index is 365. The van der Waals surface area contributed by atoms with Crippen LogP contribution in [-0.4, -0.2) is 37.2 Å². The van der Waals surface area contributed by atoms with Gasteiger partial charge in [0.2, 0.25) is 5.91 Å². The Balaban J connectivity index is 1.36. The molecule has 3 unspecified atom stereocenters. The Labute approximate surface area is 122 Å². The van der Waals surface area contributed by atoms with Gasteiger partial charge in [0.05, 0.1) is 6.10 Å². The van der Waals surface area contributed by atoms with Gasteiger partial charge in [-0.2, -0.15) is 0 Å². The first kappa shape index (κ1) is 14.3. The van der Waals surface area contributed by atoms with Gasteiger partial charge in [0, 0.05) is 36.4 Å². The molecular formula is C16H28N2O2. The van der Waals surface area contributed by atoms with Crippen LogP contribution in [0.25, 0.3) is 0 Å². The lowest BCUT2D eigenvalue weighted by Crippen LogP contribution is -2.69. The third-order valence-corrected chi connectivity index (χ3v) is 5.22. The van der Waals surface area contributed by atoms with Gasteiger partial charge in [-0.05, 0) is 38.6 Å². The Morgan fingerprint density at radius 3 is 2.85 bits per heavy atom. The molecule has 1 amide bonds. The molecule has 0 aromatic rings. The van der Waals surface area contributed by atoms with Gasteiger partial charge in [0.1, 0.15) is 0 Å². The average molecular weight is 280 g/mol. The van der Waals surface area contributed by atoms with Crippen LogP contribution in [0.5, 0.6) is 0 Å². The number of fused-ring (bicyclic) bond motifs is 1. The van der Waals surface area contributed by atoms with Gasteiger partial charge < -0.3 is 15.4 Å². The molecule has 0 aromatic carbocycles. The molecule has 3 fully saturated rings. The molecule has 0 radical (unpaired) electrons. The maximum absolute atomic E-state index is 11.6. The van der Waals surface area contributed by atoms with E-state index in [0.29, 0.717) is 30.5 Å². The maximum atomic E-state index is 11.6. The second kappa shape index (κ2) is 5.64. The summed E-state index contributed by atoms with van der Waals surface area (Å²) in [7, 11) is 0. The highest BCUT2D eigenvalue weighted by molar-refractivity contribution is 5.76. The van der Waals surface area contributed by atoms with Crippen molar-refractivity contribution in [2.75, 3.05) is 13.2 Å². The van der Waals surface area contributed by atoms with Gasteiger partial charge in [-0.15, -0.1) is 0 Å². The fraction of sp³-hybridized carbons (Fsp3) is 0.938. The summed E-state index contributed by atoms with van der Waals surface area (Å²) in [5, 5.41) is 6.72. The maximum Gasteiger partial charge on any atom is 0.220 e. The van der Waals surface area contributed by atoms with E-state index in [2.05, 4.69) is 24.5 Å². The minimum atomic E-state index is 0.223. The molecule has 1 heterocycles. The van der Waals surface area contributed by atoms with Crippen LogP contribution in [0.1, 0.15) is 52.4 Å². The Morgan fingerprint density at radius 2 is 2.10 bits per heavy atom. The van der Waals surface area contributed by atoms with Crippen molar-refractivity contribution in [3.05, 3.63) is 0 Å². The van der Waals surface area contributed by atoms with Gasteiger partial charge in [-0.3, -0.25) is 4.79 Å². The van der Waals surface area contributed by atoms with Crippen LogP contribution < -0.4 is 10.6 Å². The lowest BCUT2D eigenvalue weighted by atomic mass is 9.55. The zero-order chi connectivity index (χ0) is 14.2. The van der Waals surface area contributed by atoms with Gasteiger partial charge in [-0.1, -0.05) is 13.8 Å². The van der Waals surface area contributed by atoms with Gasteiger partial charge in [0.15, 0.2) is 0 Å². The molecule has 1 saturated heterocycles. The monoisotopic (exact) mass is 280 g/mol. The van der Waals surface area contributed by atoms with Crippen LogP contribution in [0.2, 0.25) is 0 Å². The highest BCUT2D eigenvalue weighted by atomic mass is 16.5. The second-order valence-corrected chi connectivity index (χ2v) is 7.30. The first-order chi connectivity index (χ1) is 9.59. The summed E-state index contributed by atoms with van der Waals surface area (Å²) >= 11 is 0. The fourth-order valence-corrected chi connectivity index (χ4v) is 3.97. The van der Waals surface area contributed by atoms with E-state index in [9.17, 15) is 4.79 Å². The standard InChI is InChI=1S/C16H28N2O2/c1-16(2)14(12-5-4-10-20-15(12)16)17-9-3-6-13(19)18-11-7-8-11/h11-12,14-15,17H,3-10H2,1-2H3,(H,18,19). The molecule has 4 nitrogen and oxygen atoms in total. The first-order valence-electron chi connectivity index (χ1n) is 8.23. The number of carbonyl (C=O) groups excluding carboxylic acids is 1. The number of hydrogen-bond donors (Lipinski definition) is 2. The predicted molar refractivity (Wildman–Crippen MR) is 78.4 cm³/mol. The van der Waals surface area contributed by atoms with Crippen LogP contribution in [0, 0.1) is 11.3 Å². The van der Waals surface area contributed by atoms with E-state index >= 15 is 0 Å². The fourth-order valence-electron chi connectivity index (χ4n) is 3.97. The van der Waals surface area contributed by atoms with Crippen LogP contribution >= 0.6 is 0 Å². The van der Waals surface area contributed by atoms with E-state index < -0.39 is 0 Å². The SMILES string of the molecule is CC1(C)C(NCCCC(=O)NC2CC2)C2CCCOC21. The third-order valence-electron chi connectivity index (χ3n) is 5.22. The second-order valence-electron chi connectivity index (χ2n) is 7.30. The van der Waals surface area contributed by atoms with Crippen molar-refractivity contribution in [2.45, 2.75) is 70.6 Å². The van der Waals surface area contributed by atoms with Crippen molar-refractivity contribution in [3.63, 3.8) is 0 Å². The van der Waals surface area contributed by atoms with E-state index in [1.54, 1.807) is 0 Å². The highest BCUT2D eigenvalue weighted by Crippen LogP contribution is 2.51. The molecule has 3 atom stereocenters. The van der Waals surface area contributed by atoms with Crippen molar-refractivity contribution >= 4 is 5.91 Å². The van der Waals surface area contributed by atoms with Crippen LogP contribution in [0.3, 0.4) is 0 Å². The number of carbonyl (C=O) groups is 1. The molecule has 20 heavy (non-hydrogen) atoms. The lowest BCUT2D eigenvalue weighted by Gasteiger charge is -2.60. The molecule has 114 valence electrons.